The molecule has 2 rings (SSSR count). The van der Waals surface area contributed by atoms with Crippen LogP contribution in [0, 0.1) is 5.92 Å². The number of pyridine rings is 1. The highest BCUT2D eigenvalue weighted by Gasteiger charge is 2.17. The molecule has 128 valence electrons. The van der Waals surface area contributed by atoms with Gasteiger partial charge in [0.05, 0.1) is 6.61 Å². The Labute approximate surface area is 139 Å². The molecule has 0 saturated heterocycles. The predicted octanol–water partition coefficient (Wildman–Crippen LogP) is 2.95. The third-order valence-corrected chi connectivity index (χ3v) is 4.63. The standard InChI is InChI=1S/C18H29N3O2/c22-14-13-21(12-9-16-5-3-1-2-4-6-16)18(23)20-15-17-7-10-19-11-8-17/h7-8,10-11,16,22H,1-6,9,12-15H2,(H,20,23). The lowest BCUT2D eigenvalue weighted by Crippen LogP contribution is -2.42. The lowest BCUT2D eigenvalue weighted by atomic mass is 9.96. The van der Waals surface area contributed by atoms with Gasteiger partial charge in [0.15, 0.2) is 0 Å². The van der Waals surface area contributed by atoms with Gasteiger partial charge in [-0.3, -0.25) is 4.98 Å². The Morgan fingerprint density at radius 3 is 2.52 bits per heavy atom. The van der Waals surface area contributed by atoms with Gasteiger partial charge < -0.3 is 15.3 Å². The van der Waals surface area contributed by atoms with Crippen molar-refractivity contribution in [2.45, 2.75) is 51.5 Å². The molecule has 0 spiro atoms. The number of carbonyl (C=O) groups is 1. The quantitative estimate of drug-likeness (QED) is 0.759. The van der Waals surface area contributed by atoms with Crippen LogP contribution in [0.2, 0.25) is 0 Å². The molecule has 1 aliphatic rings. The number of urea groups is 1. The van der Waals surface area contributed by atoms with E-state index >= 15 is 0 Å². The number of nitrogens with zero attached hydrogens (tertiary/aromatic N) is 2. The van der Waals surface area contributed by atoms with Crippen LogP contribution in [0.5, 0.6) is 0 Å². The summed E-state index contributed by atoms with van der Waals surface area (Å²) in [6.07, 6.45) is 12.4. The summed E-state index contributed by atoms with van der Waals surface area (Å²) in [5.74, 6) is 0.728. The molecule has 5 heteroatoms. The van der Waals surface area contributed by atoms with Crippen molar-refractivity contribution >= 4 is 6.03 Å². The molecule has 0 aromatic carbocycles. The molecule has 5 nitrogen and oxygen atoms in total. The molecule has 1 saturated carbocycles. The summed E-state index contributed by atoms with van der Waals surface area (Å²) in [5, 5.41) is 12.2. The van der Waals surface area contributed by atoms with E-state index in [2.05, 4.69) is 10.3 Å². The highest BCUT2D eigenvalue weighted by atomic mass is 16.3. The molecular formula is C18H29N3O2. The van der Waals surface area contributed by atoms with Crippen molar-refractivity contribution in [1.29, 1.82) is 0 Å². The van der Waals surface area contributed by atoms with E-state index in [4.69, 9.17) is 0 Å². The van der Waals surface area contributed by atoms with E-state index in [1.165, 1.54) is 38.5 Å². The number of carbonyl (C=O) groups excluding carboxylic acids is 1. The van der Waals surface area contributed by atoms with Gasteiger partial charge in [-0.2, -0.15) is 0 Å². The van der Waals surface area contributed by atoms with Crippen molar-refractivity contribution in [3.05, 3.63) is 30.1 Å². The van der Waals surface area contributed by atoms with Crippen molar-refractivity contribution in [3.8, 4) is 0 Å². The normalized spacial score (nSPS) is 15.9. The molecule has 2 amide bonds. The maximum Gasteiger partial charge on any atom is 0.317 e. The summed E-state index contributed by atoms with van der Waals surface area (Å²) in [4.78, 5) is 18.0. The third-order valence-electron chi connectivity index (χ3n) is 4.63. The largest absolute Gasteiger partial charge is 0.395 e. The molecule has 1 fully saturated rings. The van der Waals surface area contributed by atoms with Gasteiger partial charge in [-0.05, 0) is 30.0 Å². The van der Waals surface area contributed by atoms with Gasteiger partial charge in [0.2, 0.25) is 0 Å². The second-order valence-electron chi connectivity index (χ2n) is 6.37. The average Bonchev–Trinajstić information content (AvgIpc) is 2.86. The molecule has 1 heterocycles. The summed E-state index contributed by atoms with van der Waals surface area (Å²) >= 11 is 0. The van der Waals surface area contributed by atoms with Crippen molar-refractivity contribution < 1.29 is 9.90 Å². The van der Waals surface area contributed by atoms with Crippen LogP contribution in [-0.2, 0) is 6.54 Å². The molecule has 1 aromatic heterocycles. The van der Waals surface area contributed by atoms with Crippen LogP contribution in [0.4, 0.5) is 4.79 Å². The van der Waals surface area contributed by atoms with Gasteiger partial charge in [-0.1, -0.05) is 38.5 Å². The number of hydrogen-bond donors (Lipinski definition) is 2. The monoisotopic (exact) mass is 319 g/mol. The Kier molecular flexibility index (Phi) is 7.87. The number of nitrogens with one attached hydrogen (secondary N) is 1. The first kappa shape index (κ1) is 17.7. The van der Waals surface area contributed by atoms with Crippen LogP contribution in [0.15, 0.2) is 24.5 Å². The molecule has 0 bridgehead atoms. The van der Waals surface area contributed by atoms with E-state index in [1.54, 1.807) is 17.3 Å². The average molecular weight is 319 g/mol. The van der Waals surface area contributed by atoms with Crippen LogP contribution >= 0.6 is 0 Å². The fraction of sp³-hybridized carbons (Fsp3) is 0.667. The van der Waals surface area contributed by atoms with Crippen molar-refractivity contribution in [2.24, 2.45) is 5.92 Å². The van der Waals surface area contributed by atoms with Gasteiger partial charge in [0.25, 0.3) is 0 Å². The van der Waals surface area contributed by atoms with E-state index in [0.717, 1.165) is 24.4 Å². The SMILES string of the molecule is O=C(NCc1ccncc1)N(CCO)CCC1CCCCCC1. The Hall–Kier alpha value is -1.62. The lowest BCUT2D eigenvalue weighted by Gasteiger charge is -2.24. The highest BCUT2D eigenvalue weighted by Crippen LogP contribution is 2.25. The molecule has 1 aliphatic carbocycles. The van der Waals surface area contributed by atoms with E-state index in [1.807, 2.05) is 12.1 Å². The van der Waals surface area contributed by atoms with Gasteiger partial charge in [0, 0.05) is 32.0 Å². The van der Waals surface area contributed by atoms with Gasteiger partial charge in [-0.25, -0.2) is 4.79 Å². The van der Waals surface area contributed by atoms with Crippen LogP contribution in [0.1, 0.15) is 50.5 Å². The zero-order valence-electron chi connectivity index (χ0n) is 13.9. The number of amides is 2. The fourth-order valence-electron chi connectivity index (χ4n) is 3.22. The predicted molar refractivity (Wildman–Crippen MR) is 90.9 cm³/mol. The first-order valence-corrected chi connectivity index (χ1v) is 8.82. The van der Waals surface area contributed by atoms with Crippen molar-refractivity contribution in [1.82, 2.24) is 15.2 Å². The number of aromatic nitrogens is 1. The molecule has 0 unspecified atom stereocenters. The minimum Gasteiger partial charge on any atom is -0.395 e. The molecule has 1 aromatic rings. The summed E-state index contributed by atoms with van der Waals surface area (Å²) in [5.41, 5.74) is 1.03. The Morgan fingerprint density at radius 1 is 1.17 bits per heavy atom. The highest BCUT2D eigenvalue weighted by molar-refractivity contribution is 5.74. The first-order valence-electron chi connectivity index (χ1n) is 8.82. The van der Waals surface area contributed by atoms with Crippen LogP contribution in [0.3, 0.4) is 0 Å². The van der Waals surface area contributed by atoms with Gasteiger partial charge >= 0.3 is 6.03 Å². The maximum absolute atomic E-state index is 12.3. The van der Waals surface area contributed by atoms with Crippen LogP contribution in [0.25, 0.3) is 0 Å². The van der Waals surface area contributed by atoms with Crippen molar-refractivity contribution in [3.63, 3.8) is 0 Å². The topological polar surface area (TPSA) is 65.5 Å². The van der Waals surface area contributed by atoms with E-state index in [0.29, 0.717) is 13.1 Å². The zero-order chi connectivity index (χ0) is 16.3. The van der Waals surface area contributed by atoms with Gasteiger partial charge in [0.1, 0.15) is 0 Å². The second kappa shape index (κ2) is 10.2. The second-order valence-corrected chi connectivity index (χ2v) is 6.37. The molecule has 0 radical (unpaired) electrons. The summed E-state index contributed by atoms with van der Waals surface area (Å²) in [6, 6.07) is 3.69. The molecule has 0 aliphatic heterocycles. The molecule has 23 heavy (non-hydrogen) atoms. The molecule has 2 N–H and O–H groups in total. The maximum atomic E-state index is 12.3. The summed E-state index contributed by atoms with van der Waals surface area (Å²) in [6.45, 7) is 1.63. The van der Waals surface area contributed by atoms with E-state index < -0.39 is 0 Å². The number of aliphatic hydroxyl groups is 1. The minimum absolute atomic E-state index is 0.00729. The number of rotatable bonds is 7. The van der Waals surface area contributed by atoms with E-state index in [-0.39, 0.29) is 12.6 Å². The molecule has 0 atom stereocenters. The fourth-order valence-corrected chi connectivity index (χ4v) is 3.22. The van der Waals surface area contributed by atoms with Crippen LogP contribution < -0.4 is 5.32 Å². The number of aliphatic hydroxyl groups excluding tert-OH is 1. The first-order chi connectivity index (χ1) is 11.3. The zero-order valence-corrected chi connectivity index (χ0v) is 13.9. The molecular weight excluding hydrogens is 290 g/mol. The van der Waals surface area contributed by atoms with E-state index in [9.17, 15) is 9.90 Å². The smallest absolute Gasteiger partial charge is 0.317 e. The lowest BCUT2D eigenvalue weighted by molar-refractivity contribution is 0.171. The minimum atomic E-state index is -0.0931. The Balaban J connectivity index is 1.77. The Morgan fingerprint density at radius 2 is 1.87 bits per heavy atom. The van der Waals surface area contributed by atoms with Crippen molar-refractivity contribution in [2.75, 3.05) is 19.7 Å². The van der Waals surface area contributed by atoms with Crippen LogP contribution in [-0.4, -0.2) is 40.7 Å². The summed E-state index contributed by atoms with van der Waals surface area (Å²) < 4.78 is 0. The number of hydrogen-bond acceptors (Lipinski definition) is 3. The van der Waals surface area contributed by atoms with Gasteiger partial charge in [-0.15, -0.1) is 0 Å². The summed E-state index contributed by atoms with van der Waals surface area (Å²) in [7, 11) is 0. The third kappa shape index (κ3) is 6.57. The Bertz CT molecular complexity index is 445.